The van der Waals surface area contributed by atoms with E-state index in [0.29, 0.717) is 6.54 Å². The predicted octanol–water partition coefficient (Wildman–Crippen LogP) is 2.81. The smallest absolute Gasteiger partial charge is 0.345 e. The molecule has 1 aromatic carbocycles. The van der Waals surface area contributed by atoms with E-state index in [0.717, 1.165) is 25.3 Å². The predicted molar refractivity (Wildman–Crippen MR) is 83.4 cm³/mol. The third kappa shape index (κ3) is 4.19. The van der Waals surface area contributed by atoms with Gasteiger partial charge in [0.25, 0.3) is 11.6 Å². The highest BCUT2D eigenvalue weighted by molar-refractivity contribution is 6.31. The molecule has 0 N–H and O–H groups in total. The zero-order valence-corrected chi connectivity index (χ0v) is 13.4. The molecular weight excluding hydrogens is 324 g/mol. The standard InChI is InChI=1S/C15H17ClN2O5/c1-10-4-2-3-7-17(10)14(19)9-23-15(20)12-6-5-11(16)8-13(12)18(21)22/h5-6,8,10H,2-4,7,9H2,1H3/t10-/m0/s1. The van der Waals surface area contributed by atoms with Crippen LogP contribution in [0.5, 0.6) is 0 Å². The third-order valence-electron chi connectivity index (χ3n) is 3.83. The molecule has 23 heavy (non-hydrogen) atoms. The van der Waals surface area contributed by atoms with E-state index in [1.54, 1.807) is 4.90 Å². The number of esters is 1. The van der Waals surface area contributed by atoms with Gasteiger partial charge in [0.15, 0.2) is 6.61 Å². The van der Waals surface area contributed by atoms with E-state index in [9.17, 15) is 19.7 Å². The first-order chi connectivity index (χ1) is 10.9. The van der Waals surface area contributed by atoms with E-state index in [4.69, 9.17) is 16.3 Å². The number of hydrogen-bond acceptors (Lipinski definition) is 5. The molecule has 1 saturated heterocycles. The number of nitrogens with zero attached hydrogens (tertiary/aromatic N) is 2. The number of carbonyl (C=O) groups is 2. The van der Waals surface area contributed by atoms with Crippen LogP contribution in [-0.4, -0.2) is 40.9 Å². The Hall–Kier alpha value is -2.15. The van der Waals surface area contributed by atoms with Crippen molar-refractivity contribution in [3.05, 3.63) is 38.9 Å². The summed E-state index contributed by atoms with van der Waals surface area (Å²) in [6.45, 7) is 2.16. The number of carbonyl (C=O) groups excluding carboxylic acids is 2. The first-order valence-corrected chi connectivity index (χ1v) is 7.68. The Morgan fingerprint density at radius 3 is 2.83 bits per heavy atom. The number of nitro groups is 1. The zero-order chi connectivity index (χ0) is 17.0. The molecule has 1 aromatic rings. The van der Waals surface area contributed by atoms with Crippen molar-refractivity contribution in [2.24, 2.45) is 0 Å². The van der Waals surface area contributed by atoms with Gasteiger partial charge in [-0.15, -0.1) is 0 Å². The van der Waals surface area contributed by atoms with E-state index in [1.807, 2.05) is 6.92 Å². The van der Waals surface area contributed by atoms with E-state index in [-0.39, 0.29) is 22.5 Å². The SMILES string of the molecule is C[C@H]1CCCCN1C(=O)COC(=O)c1ccc(Cl)cc1[N+](=O)[O-]. The fourth-order valence-electron chi connectivity index (χ4n) is 2.59. The zero-order valence-electron chi connectivity index (χ0n) is 12.7. The minimum Gasteiger partial charge on any atom is -0.452 e. The van der Waals surface area contributed by atoms with Gasteiger partial charge < -0.3 is 9.64 Å². The van der Waals surface area contributed by atoms with Gasteiger partial charge in [-0.25, -0.2) is 4.79 Å². The quantitative estimate of drug-likeness (QED) is 0.477. The van der Waals surface area contributed by atoms with E-state index in [2.05, 4.69) is 0 Å². The maximum absolute atomic E-state index is 12.1. The molecule has 0 aromatic heterocycles. The summed E-state index contributed by atoms with van der Waals surface area (Å²) >= 11 is 5.69. The number of amides is 1. The number of halogens is 1. The Kier molecular flexibility index (Phi) is 5.54. The largest absolute Gasteiger partial charge is 0.452 e. The van der Waals surface area contributed by atoms with E-state index < -0.39 is 23.2 Å². The van der Waals surface area contributed by atoms with Gasteiger partial charge in [-0.2, -0.15) is 0 Å². The minimum absolute atomic E-state index is 0.111. The number of likely N-dealkylation sites (tertiary alicyclic amines) is 1. The van der Waals surface area contributed by atoms with Crippen molar-refractivity contribution < 1.29 is 19.2 Å². The second-order valence-corrected chi connectivity index (χ2v) is 5.86. The number of ether oxygens (including phenoxy) is 1. The second-order valence-electron chi connectivity index (χ2n) is 5.43. The second kappa shape index (κ2) is 7.41. The van der Waals surface area contributed by atoms with Crippen molar-refractivity contribution in [3.63, 3.8) is 0 Å². The molecule has 1 amide bonds. The molecule has 1 aliphatic heterocycles. The van der Waals surface area contributed by atoms with Gasteiger partial charge in [-0.3, -0.25) is 14.9 Å². The lowest BCUT2D eigenvalue weighted by atomic mass is 10.0. The summed E-state index contributed by atoms with van der Waals surface area (Å²) < 4.78 is 4.94. The first-order valence-electron chi connectivity index (χ1n) is 7.30. The highest BCUT2D eigenvalue weighted by atomic mass is 35.5. The number of hydrogen-bond donors (Lipinski definition) is 0. The summed E-state index contributed by atoms with van der Waals surface area (Å²) in [5, 5.41) is 11.1. The molecule has 1 fully saturated rings. The van der Waals surface area contributed by atoms with Crippen molar-refractivity contribution >= 4 is 29.2 Å². The van der Waals surface area contributed by atoms with Crippen molar-refractivity contribution in [2.45, 2.75) is 32.2 Å². The molecule has 7 nitrogen and oxygen atoms in total. The average molecular weight is 341 g/mol. The summed E-state index contributed by atoms with van der Waals surface area (Å²) in [5.41, 5.74) is -0.666. The van der Waals surface area contributed by atoms with Crippen LogP contribution in [0.1, 0.15) is 36.5 Å². The molecule has 0 spiro atoms. The molecule has 1 aliphatic rings. The van der Waals surface area contributed by atoms with Gasteiger partial charge in [0.2, 0.25) is 0 Å². The van der Waals surface area contributed by atoms with Crippen LogP contribution in [0.25, 0.3) is 0 Å². The van der Waals surface area contributed by atoms with Crippen LogP contribution in [-0.2, 0) is 9.53 Å². The van der Waals surface area contributed by atoms with E-state index >= 15 is 0 Å². The van der Waals surface area contributed by atoms with E-state index in [1.165, 1.54) is 12.1 Å². The molecule has 0 bridgehead atoms. The van der Waals surface area contributed by atoms with Gasteiger partial charge in [0.05, 0.1) is 4.92 Å². The number of rotatable bonds is 4. The van der Waals surface area contributed by atoms with Crippen molar-refractivity contribution in [2.75, 3.05) is 13.2 Å². The minimum atomic E-state index is -0.911. The van der Waals surface area contributed by atoms with Gasteiger partial charge in [-0.05, 0) is 38.3 Å². The molecule has 124 valence electrons. The maximum atomic E-state index is 12.1. The lowest BCUT2D eigenvalue weighted by Gasteiger charge is -2.33. The monoisotopic (exact) mass is 340 g/mol. The molecular formula is C15H17ClN2O5. The fraction of sp³-hybridized carbons (Fsp3) is 0.467. The first kappa shape index (κ1) is 17.2. The Morgan fingerprint density at radius 2 is 2.17 bits per heavy atom. The Morgan fingerprint density at radius 1 is 1.43 bits per heavy atom. The van der Waals surface area contributed by atoms with Crippen LogP contribution in [0.3, 0.4) is 0 Å². The number of nitro benzene ring substituents is 1. The summed E-state index contributed by atoms with van der Waals surface area (Å²) in [4.78, 5) is 36.1. The van der Waals surface area contributed by atoms with Crippen LogP contribution in [0, 0.1) is 10.1 Å². The highest BCUT2D eigenvalue weighted by Crippen LogP contribution is 2.24. The third-order valence-corrected chi connectivity index (χ3v) is 4.06. The normalized spacial score (nSPS) is 17.7. The molecule has 1 heterocycles. The summed E-state index contributed by atoms with van der Waals surface area (Å²) in [5.74, 6) is -1.20. The summed E-state index contributed by atoms with van der Waals surface area (Å²) in [6.07, 6.45) is 2.91. The number of benzene rings is 1. The molecule has 1 atom stereocenters. The fourth-order valence-corrected chi connectivity index (χ4v) is 2.75. The summed E-state index contributed by atoms with van der Waals surface area (Å²) in [6, 6.07) is 3.77. The van der Waals surface area contributed by atoms with Crippen molar-refractivity contribution in [3.8, 4) is 0 Å². The van der Waals surface area contributed by atoms with Gasteiger partial charge >= 0.3 is 5.97 Å². The van der Waals surface area contributed by atoms with Crippen LogP contribution in [0.2, 0.25) is 5.02 Å². The lowest BCUT2D eigenvalue weighted by Crippen LogP contribution is -2.44. The molecule has 0 radical (unpaired) electrons. The van der Waals surface area contributed by atoms with Crippen LogP contribution >= 0.6 is 11.6 Å². The van der Waals surface area contributed by atoms with Crippen LogP contribution in [0.15, 0.2) is 18.2 Å². The van der Waals surface area contributed by atoms with Crippen molar-refractivity contribution in [1.82, 2.24) is 4.90 Å². The Bertz CT molecular complexity index is 634. The maximum Gasteiger partial charge on any atom is 0.345 e. The molecule has 0 aliphatic carbocycles. The molecule has 8 heteroatoms. The van der Waals surface area contributed by atoms with Gasteiger partial charge in [-0.1, -0.05) is 11.6 Å². The average Bonchev–Trinajstić information content (AvgIpc) is 2.52. The lowest BCUT2D eigenvalue weighted by molar-refractivity contribution is -0.385. The Balaban J connectivity index is 2.02. The van der Waals surface area contributed by atoms with Gasteiger partial charge in [0, 0.05) is 23.7 Å². The Labute approximate surface area is 138 Å². The van der Waals surface area contributed by atoms with Crippen LogP contribution in [0.4, 0.5) is 5.69 Å². The van der Waals surface area contributed by atoms with Gasteiger partial charge in [0.1, 0.15) is 5.56 Å². The summed E-state index contributed by atoms with van der Waals surface area (Å²) in [7, 11) is 0. The highest BCUT2D eigenvalue weighted by Gasteiger charge is 2.26. The van der Waals surface area contributed by atoms with Crippen LogP contribution < -0.4 is 0 Å². The molecule has 2 rings (SSSR count). The molecule has 0 saturated carbocycles. The van der Waals surface area contributed by atoms with Crippen molar-refractivity contribution in [1.29, 1.82) is 0 Å². The number of piperidine rings is 1. The topological polar surface area (TPSA) is 89.8 Å². The molecule has 0 unspecified atom stereocenters.